The lowest BCUT2D eigenvalue weighted by atomic mass is 9.60. The van der Waals surface area contributed by atoms with Gasteiger partial charge in [0.25, 0.3) is 0 Å². The van der Waals surface area contributed by atoms with Crippen LogP contribution in [0.3, 0.4) is 0 Å². The highest BCUT2D eigenvalue weighted by Gasteiger charge is 2.60. The number of amides is 4. The summed E-state index contributed by atoms with van der Waals surface area (Å²) in [7, 11) is 3.70. The van der Waals surface area contributed by atoms with E-state index in [1.807, 2.05) is 62.4 Å². The molecule has 2 aromatic rings. The quantitative estimate of drug-likeness (QED) is 0.326. The Balaban J connectivity index is 1.54. The molecule has 248 valence electrons. The summed E-state index contributed by atoms with van der Waals surface area (Å²) < 4.78 is 0. The molecule has 7 nitrogen and oxygen atoms in total. The maximum Gasteiger partial charge on any atom is 0.233 e. The van der Waals surface area contributed by atoms with Gasteiger partial charge in [0.1, 0.15) is 0 Å². The van der Waals surface area contributed by atoms with E-state index in [-0.39, 0.29) is 46.2 Å². The predicted molar refractivity (Wildman–Crippen MR) is 181 cm³/mol. The van der Waals surface area contributed by atoms with Crippen molar-refractivity contribution in [2.24, 2.45) is 23.7 Å². The first-order valence-corrected chi connectivity index (χ1v) is 16.9. The van der Waals surface area contributed by atoms with E-state index in [1.54, 1.807) is 11.9 Å². The average molecular weight is 628 g/mol. The van der Waals surface area contributed by atoms with E-state index in [9.17, 15) is 19.2 Å². The first-order valence-electron chi connectivity index (χ1n) is 16.9. The SMILES string of the molecule is CC1C(=O)N(C2CC(C)(C)N(C)C(C)(C)C2)C(=O)C1CC(C)(c1ccccc1)C1C(=O)N(C)C(=O)C1CC(C)(C)c1ccccc1. The maximum absolute atomic E-state index is 14.5. The van der Waals surface area contributed by atoms with Crippen LogP contribution in [0.15, 0.2) is 60.7 Å². The van der Waals surface area contributed by atoms with E-state index < -0.39 is 29.1 Å². The largest absolute Gasteiger partial charge is 0.296 e. The number of nitrogens with zero attached hydrogens (tertiary/aromatic N) is 3. The average Bonchev–Trinajstić information content (AvgIpc) is 3.34. The smallest absolute Gasteiger partial charge is 0.233 e. The highest BCUT2D eigenvalue weighted by molar-refractivity contribution is 6.07. The molecule has 3 aliphatic heterocycles. The zero-order chi connectivity index (χ0) is 34.0. The predicted octanol–water partition coefficient (Wildman–Crippen LogP) is 6.21. The lowest BCUT2D eigenvalue weighted by Gasteiger charge is -2.54. The Kier molecular flexibility index (Phi) is 8.68. The number of hydrogen-bond acceptors (Lipinski definition) is 5. The minimum Gasteiger partial charge on any atom is -0.296 e. The third kappa shape index (κ3) is 5.63. The molecule has 46 heavy (non-hydrogen) atoms. The van der Waals surface area contributed by atoms with Gasteiger partial charge in [-0.1, -0.05) is 88.4 Å². The van der Waals surface area contributed by atoms with Crippen molar-refractivity contribution in [2.45, 2.75) is 109 Å². The number of benzene rings is 2. The monoisotopic (exact) mass is 627 g/mol. The summed E-state index contributed by atoms with van der Waals surface area (Å²) in [6, 6.07) is 19.7. The van der Waals surface area contributed by atoms with Crippen LogP contribution in [-0.2, 0) is 30.0 Å². The number of piperidine rings is 1. The van der Waals surface area contributed by atoms with Crippen LogP contribution in [0.25, 0.3) is 0 Å². The molecule has 0 N–H and O–H groups in total. The molecule has 5 atom stereocenters. The second kappa shape index (κ2) is 11.7. The normalized spacial score (nSPS) is 28.7. The van der Waals surface area contributed by atoms with E-state index in [0.717, 1.165) is 11.1 Å². The fourth-order valence-corrected chi connectivity index (χ4v) is 9.08. The number of hydrogen-bond donors (Lipinski definition) is 0. The van der Waals surface area contributed by atoms with Crippen LogP contribution >= 0.6 is 0 Å². The Morgan fingerprint density at radius 1 is 0.674 bits per heavy atom. The maximum atomic E-state index is 14.5. The second-order valence-electron chi connectivity index (χ2n) is 16.4. The van der Waals surface area contributed by atoms with Crippen molar-refractivity contribution in [2.75, 3.05) is 14.1 Å². The molecule has 3 saturated heterocycles. The van der Waals surface area contributed by atoms with Crippen molar-refractivity contribution in [3.8, 4) is 0 Å². The third-order valence-corrected chi connectivity index (χ3v) is 12.1. The molecule has 0 aromatic heterocycles. The number of likely N-dealkylation sites (tertiary alicyclic amines) is 3. The van der Waals surface area contributed by atoms with E-state index >= 15 is 0 Å². The van der Waals surface area contributed by atoms with Gasteiger partial charge < -0.3 is 0 Å². The molecule has 0 saturated carbocycles. The summed E-state index contributed by atoms with van der Waals surface area (Å²) in [4.78, 5) is 61.8. The summed E-state index contributed by atoms with van der Waals surface area (Å²) >= 11 is 0. The third-order valence-electron chi connectivity index (χ3n) is 12.1. The Labute approximate surface area is 275 Å². The van der Waals surface area contributed by atoms with Gasteiger partial charge in [-0.15, -0.1) is 0 Å². The zero-order valence-corrected chi connectivity index (χ0v) is 29.5. The Bertz CT molecular complexity index is 1480. The van der Waals surface area contributed by atoms with Crippen LogP contribution in [0.2, 0.25) is 0 Å². The molecule has 3 aliphatic rings. The molecule has 5 rings (SSSR count). The van der Waals surface area contributed by atoms with E-state index in [0.29, 0.717) is 25.7 Å². The Morgan fingerprint density at radius 2 is 1.17 bits per heavy atom. The van der Waals surface area contributed by atoms with E-state index in [4.69, 9.17) is 0 Å². The number of carbonyl (C=O) groups excluding carboxylic acids is 4. The topological polar surface area (TPSA) is 78.0 Å². The van der Waals surface area contributed by atoms with Gasteiger partial charge in [0, 0.05) is 35.5 Å². The summed E-state index contributed by atoms with van der Waals surface area (Å²) in [5.74, 6) is -3.05. The van der Waals surface area contributed by atoms with Crippen molar-refractivity contribution in [3.05, 3.63) is 71.8 Å². The highest BCUT2D eigenvalue weighted by Crippen LogP contribution is 2.52. The van der Waals surface area contributed by atoms with Crippen LogP contribution in [-0.4, -0.2) is 69.5 Å². The van der Waals surface area contributed by atoms with Crippen molar-refractivity contribution in [3.63, 3.8) is 0 Å². The van der Waals surface area contributed by atoms with Crippen LogP contribution in [0.4, 0.5) is 0 Å². The molecule has 7 heteroatoms. The molecular formula is C39H53N3O4. The lowest BCUT2D eigenvalue weighted by Crippen LogP contribution is -2.63. The van der Waals surface area contributed by atoms with Crippen molar-refractivity contribution < 1.29 is 19.2 Å². The van der Waals surface area contributed by atoms with E-state index in [2.05, 4.69) is 65.6 Å². The Morgan fingerprint density at radius 3 is 1.70 bits per heavy atom. The Hall–Kier alpha value is -3.32. The molecule has 0 aliphatic carbocycles. The molecule has 0 bridgehead atoms. The number of rotatable bonds is 8. The first kappa shape index (κ1) is 34.0. The first-order chi connectivity index (χ1) is 21.3. The summed E-state index contributed by atoms with van der Waals surface area (Å²) in [5, 5.41) is 0. The van der Waals surface area contributed by atoms with Gasteiger partial charge in [0.05, 0.1) is 17.8 Å². The lowest BCUT2D eigenvalue weighted by molar-refractivity contribution is -0.148. The van der Waals surface area contributed by atoms with Crippen LogP contribution in [0, 0.1) is 23.7 Å². The van der Waals surface area contributed by atoms with Gasteiger partial charge in [-0.05, 0) is 77.0 Å². The molecule has 5 unspecified atom stereocenters. The van der Waals surface area contributed by atoms with Gasteiger partial charge in [-0.25, -0.2) is 0 Å². The second-order valence-corrected chi connectivity index (χ2v) is 16.4. The van der Waals surface area contributed by atoms with Crippen LogP contribution < -0.4 is 0 Å². The van der Waals surface area contributed by atoms with Crippen LogP contribution in [0.1, 0.15) is 92.2 Å². The molecule has 3 heterocycles. The van der Waals surface area contributed by atoms with Crippen molar-refractivity contribution in [1.82, 2.24) is 14.7 Å². The fourth-order valence-electron chi connectivity index (χ4n) is 9.08. The molecular weight excluding hydrogens is 574 g/mol. The van der Waals surface area contributed by atoms with Gasteiger partial charge in [0.15, 0.2) is 0 Å². The number of imide groups is 2. The van der Waals surface area contributed by atoms with Gasteiger partial charge in [-0.2, -0.15) is 0 Å². The van der Waals surface area contributed by atoms with Crippen LogP contribution in [0.5, 0.6) is 0 Å². The van der Waals surface area contributed by atoms with Gasteiger partial charge in [0.2, 0.25) is 23.6 Å². The zero-order valence-electron chi connectivity index (χ0n) is 29.5. The molecule has 2 aromatic carbocycles. The van der Waals surface area contributed by atoms with Crippen molar-refractivity contribution >= 4 is 23.6 Å². The number of carbonyl (C=O) groups is 4. The summed E-state index contributed by atoms with van der Waals surface area (Å²) in [6.45, 7) is 16.9. The molecule has 0 radical (unpaired) electrons. The summed E-state index contributed by atoms with van der Waals surface area (Å²) in [5.41, 5.74) is 0.396. The van der Waals surface area contributed by atoms with E-state index in [1.165, 1.54) is 4.90 Å². The van der Waals surface area contributed by atoms with Gasteiger partial charge in [-0.3, -0.25) is 33.9 Å². The minimum atomic E-state index is -0.869. The standard InChI is InChI=1S/C39H53N3O4/c1-25-29(34(45)42(32(25)43)28-21-37(4,5)41(10)38(6,7)22-28)24-39(8,27-19-15-12-16-20-27)31-30(33(44)40(9)35(31)46)23-36(2,3)26-17-13-11-14-18-26/h11-20,25,28-31H,21-24H2,1-10H3. The fraction of sp³-hybridized carbons (Fsp3) is 0.590. The highest BCUT2D eigenvalue weighted by atomic mass is 16.2. The van der Waals surface area contributed by atoms with Crippen molar-refractivity contribution in [1.29, 1.82) is 0 Å². The minimum absolute atomic E-state index is 0.126. The molecule has 3 fully saturated rings. The summed E-state index contributed by atoms with van der Waals surface area (Å²) in [6.07, 6.45) is 2.20. The molecule has 0 spiro atoms. The molecule has 4 amide bonds. The van der Waals surface area contributed by atoms with Gasteiger partial charge >= 0.3 is 0 Å².